The molecule has 14 heavy (non-hydrogen) atoms. The topological polar surface area (TPSA) is 128 Å². The van der Waals surface area contributed by atoms with Crippen LogP contribution in [0.5, 0.6) is 0 Å². The second-order valence-electron chi connectivity index (χ2n) is 3.22. The Morgan fingerprint density at radius 1 is 1.50 bits per heavy atom. The molecule has 82 valence electrons. The fraction of sp³-hybridized carbons (Fsp3) is 0.750. The van der Waals surface area contributed by atoms with Gasteiger partial charge in [-0.2, -0.15) is 0 Å². The first-order valence-corrected chi connectivity index (χ1v) is 4.51. The predicted octanol–water partition coefficient (Wildman–Crippen LogP) is -0.912. The van der Waals surface area contributed by atoms with Crippen LogP contribution in [0.25, 0.3) is 0 Å². The van der Waals surface area contributed by atoms with Crippen molar-refractivity contribution in [1.29, 1.82) is 0 Å². The summed E-state index contributed by atoms with van der Waals surface area (Å²) in [5.41, 5.74) is 15.7. The summed E-state index contributed by atoms with van der Waals surface area (Å²) >= 11 is 0. The molecule has 0 amide bonds. The zero-order chi connectivity index (χ0) is 11.1. The molecular weight excluding hydrogens is 184 g/mol. The van der Waals surface area contributed by atoms with E-state index >= 15 is 0 Å². The average Bonchev–Trinajstić information content (AvgIpc) is 2.11. The lowest BCUT2D eigenvalue weighted by atomic mass is 9.98. The molecule has 0 fully saturated rings. The summed E-state index contributed by atoms with van der Waals surface area (Å²) in [6, 6.07) is -0.839. The van der Waals surface area contributed by atoms with Crippen molar-refractivity contribution in [2.75, 3.05) is 6.54 Å². The molecule has 0 aliphatic rings. The van der Waals surface area contributed by atoms with Crippen LogP contribution in [0, 0.1) is 5.92 Å². The summed E-state index contributed by atoms with van der Waals surface area (Å²) in [4.78, 5) is 14.3. The van der Waals surface area contributed by atoms with Crippen LogP contribution in [-0.2, 0) is 4.79 Å². The second kappa shape index (κ2) is 6.20. The van der Waals surface area contributed by atoms with Crippen LogP contribution in [0.1, 0.15) is 19.8 Å². The van der Waals surface area contributed by atoms with E-state index in [1.807, 2.05) is 6.92 Å². The summed E-state index contributed by atoms with van der Waals surface area (Å²) in [6.07, 6.45) is 1.19. The summed E-state index contributed by atoms with van der Waals surface area (Å²) in [5.74, 6) is -0.858. The molecule has 7 N–H and O–H groups in total. The first-order valence-electron chi connectivity index (χ1n) is 4.51. The van der Waals surface area contributed by atoms with Gasteiger partial charge in [0.05, 0.1) is 0 Å². The normalized spacial score (nSPS) is 14.4. The predicted molar refractivity (Wildman–Crippen MR) is 54.7 cm³/mol. The Bertz CT molecular complexity index is 213. The van der Waals surface area contributed by atoms with Crippen LogP contribution in [0.4, 0.5) is 0 Å². The third-order valence-corrected chi connectivity index (χ3v) is 2.01. The molecule has 0 heterocycles. The van der Waals surface area contributed by atoms with Crippen LogP contribution < -0.4 is 17.2 Å². The minimum atomic E-state index is -0.992. The number of hydrogen-bond acceptors (Lipinski definition) is 3. The van der Waals surface area contributed by atoms with Gasteiger partial charge in [0.15, 0.2) is 5.96 Å². The number of nitrogens with zero attached hydrogens (tertiary/aromatic N) is 1. The third kappa shape index (κ3) is 5.36. The summed E-state index contributed by atoms with van der Waals surface area (Å²) in [7, 11) is 0. The van der Waals surface area contributed by atoms with Gasteiger partial charge < -0.3 is 22.3 Å². The van der Waals surface area contributed by atoms with E-state index in [0.29, 0.717) is 13.0 Å². The summed E-state index contributed by atoms with van der Waals surface area (Å²) < 4.78 is 0. The van der Waals surface area contributed by atoms with Gasteiger partial charge in [-0.05, 0) is 12.3 Å². The van der Waals surface area contributed by atoms with E-state index in [0.717, 1.165) is 6.42 Å². The molecule has 0 saturated carbocycles. The minimum Gasteiger partial charge on any atom is -0.480 e. The lowest BCUT2D eigenvalue weighted by Gasteiger charge is -2.14. The second-order valence-corrected chi connectivity index (χ2v) is 3.22. The maximum atomic E-state index is 10.5. The van der Waals surface area contributed by atoms with Crippen LogP contribution in [0.2, 0.25) is 0 Å². The fourth-order valence-electron chi connectivity index (χ4n) is 1.06. The lowest BCUT2D eigenvalue weighted by Crippen LogP contribution is -2.33. The van der Waals surface area contributed by atoms with Crippen LogP contribution in [0.3, 0.4) is 0 Å². The van der Waals surface area contributed by atoms with E-state index in [9.17, 15) is 4.79 Å². The highest BCUT2D eigenvalue weighted by atomic mass is 16.4. The van der Waals surface area contributed by atoms with E-state index in [1.54, 1.807) is 0 Å². The summed E-state index contributed by atoms with van der Waals surface area (Å²) in [5, 5.41) is 8.59. The number of carbonyl (C=O) groups is 1. The Morgan fingerprint density at radius 2 is 2.07 bits per heavy atom. The lowest BCUT2D eigenvalue weighted by molar-refractivity contribution is -0.138. The van der Waals surface area contributed by atoms with Crippen molar-refractivity contribution in [3.63, 3.8) is 0 Å². The van der Waals surface area contributed by atoms with Gasteiger partial charge >= 0.3 is 5.97 Å². The highest BCUT2D eigenvalue weighted by Crippen LogP contribution is 2.10. The van der Waals surface area contributed by atoms with Crippen LogP contribution in [-0.4, -0.2) is 29.6 Å². The van der Waals surface area contributed by atoms with Gasteiger partial charge in [-0.1, -0.05) is 13.3 Å². The molecule has 6 heteroatoms. The van der Waals surface area contributed by atoms with Crippen molar-refractivity contribution in [1.82, 2.24) is 0 Å². The maximum Gasteiger partial charge on any atom is 0.320 e. The Morgan fingerprint density at radius 3 is 2.43 bits per heavy atom. The largest absolute Gasteiger partial charge is 0.480 e. The third-order valence-electron chi connectivity index (χ3n) is 2.01. The van der Waals surface area contributed by atoms with Crippen molar-refractivity contribution in [3.8, 4) is 0 Å². The Labute approximate surface area is 83.2 Å². The molecule has 0 bridgehead atoms. The number of rotatable bonds is 6. The van der Waals surface area contributed by atoms with Crippen LogP contribution >= 0.6 is 0 Å². The fourth-order valence-corrected chi connectivity index (χ4v) is 1.06. The Kier molecular flexibility index (Phi) is 5.62. The van der Waals surface area contributed by atoms with Crippen molar-refractivity contribution in [2.45, 2.75) is 25.8 Å². The summed E-state index contributed by atoms with van der Waals surface area (Å²) in [6.45, 7) is 2.38. The molecule has 6 nitrogen and oxygen atoms in total. The number of hydrogen-bond donors (Lipinski definition) is 4. The Balaban J connectivity index is 4.03. The molecule has 0 aromatic rings. The van der Waals surface area contributed by atoms with Gasteiger partial charge in [0.25, 0.3) is 0 Å². The van der Waals surface area contributed by atoms with Gasteiger partial charge in [-0.25, -0.2) is 0 Å². The molecule has 1 unspecified atom stereocenters. The van der Waals surface area contributed by atoms with E-state index in [1.165, 1.54) is 0 Å². The first-order chi connectivity index (χ1) is 6.47. The monoisotopic (exact) mass is 202 g/mol. The number of carboxylic acid groups (broad SMARTS) is 1. The van der Waals surface area contributed by atoms with E-state index in [4.69, 9.17) is 22.3 Å². The standard InChI is InChI=1S/C8H18N4O2/c1-2-5(4-12-8(10)11)3-6(9)7(13)14/h5-6H,2-4,9H2,1H3,(H,13,14)(H4,10,11,12)/t5?,6-/m0/s1. The highest BCUT2D eigenvalue weighted by molar-refractivity contribution is 5.75. The quantitative estimate of drug-likeness (QED) is 0.327. The van der Waals surface area contributed by atoms with Gasteiger partial charge in [-0.15, -0.1) is 0 Å². The molecular formula is C8H18N4O2. The molecule has 0 aliphatic heterocycles. The zero-order valence-corrected chi connectivity index (χ0v) is 8.31. The van der Waals surface area contributed by atoms with Crippen molar-refractivity contribution < 1.29 is 9.90 Å². The highest BCUT2D eigenvalue weighted by Gasteiger charge is 2.17. The van der Waals surface area contributed by atoms with Crippen molar-refractivity contribution >= 4 is 11.9 Å². The first kappa shape index (κ1) is 12.7. The van der Waals surface area contributed by atoms with Gasteiger partial charge in [0.2, 0.25) is 0 Å². The number of aliphatic imine (C=N–C) groups is 1. The molecule has 0 aromatic carbocycles. The average molecular weight is 202 g/mol. The van der Waals surface area contributed by atoms with Gasteiger partial charge in [0, 0.05) is 6.54 Å². The smallest absolute Gasteiger partial charge is 0.320 e. The zero-order valence-electron chi connectivity index (χ0n) is 8.31. The van der Waals surface area contributed by atoms with E-state index in [2.05, 4.69) is 4.99 Å². The van der Waals surface area contributed by atoms with Crippen LogP contribution in [0.15, 0.2) is 4.99 Å². The van der Waals surface area contributed by atoms with Gasteiger partial charge in [0.1, 0.15) is 6.04 Å². The molecule has 0 saturated heterocycles. The molecule has 0 spiro atoms. The van der Waals surface area contributed by atoms with Gasteiger partial charge in [-0.3, -0.25) is 9.79 Å². The number of nitrogens with two attached hydrogens (primary N) is 3. The molecule has 2 atom stereocenters. The Hall–Kier alpha value is -1.30. The van der Waals surface area contributed by atoms with E-state index < -0.39 is 12.0 Å². The maximum absolute atomic E-state index is 10.5. The number of aliphatic carboxylic acids is 1. The molecule has 0 rings (SSSR count). The number of guanidine groups is 1. The van der Waals surface area contributed by atoms with Crippen molar-refractivity contribution in [2.24, 2.45) is 28.1 Å². The van der Waals surface area contributed by atoms with Crippen molar-refractivity contribution in [3.05, 3.63) is 0 Å². The van der Waals surface area contributed by atoms with E-state index in [-0.39, 0.29) is 11.9 Å². The minimum absolute atomic E-state index is 0.0207. The number of carboxylic acids is 1. The molecule has 0 aliphatic carbocycles. The molecule has 0 aromatic heterocycles. The molecule has 0 radical (unpaired) electrons. The SMILES string of the molecule is CCC(CN=C(N)N)C[C@H](N)C(=O)O.